The molecule has 0 atom stereocenters. The van der Waals surface area contributed by atoms with Crippen molar-refractivity contribution in [2.45, 2.75) is 77.6 Å². The van der Waals surface area contributed by atoms with Gasteiger partial charge in [0, 0.05) is 37.4 Å². The summed E-state index contributed by atoms with van der Waals surface area (Å²) < 4.78 is 6.20. The molecule has 3 heterocycles. The molecule has 1 aliphatic carbocycles. The van der Waals surface area contributed by atoms with Crippen LogP contribution in [0.5, 0.6) is 5.75 Å². The minimum atomic E-state index is -0.200. The largest absolute Gasteiger partial charge is 0.491 e. The fraction of sp³-hybridized carbons (Fsp3) is 0.613. The number of benzene rings is 1. The van der Waals surface area contributed by atoms with E-state index < -0.39 is 0 Å². The average Bonchev–Trinajstić information content (AvgIpc) is 2.95. The molecule has 0 bridgehead atoms. The molecule has 0 radical (unpaired) electrons. The molecule has 1 saturated carbocycles. The van der Waals surface area contributed by atoms with Crippen LogP contribution in [0, 0.1) is 10.8 Å². The Balaban J connectivity index is 1.34. The topological polar surface area (TPSA) is 75.6 Å². The summed E-state index contributed by atoms with van der Waals surface area (Å²) in [5, 5.41) is 0. The van der Waals surface area contributed by atoms with Crippen LogP contribution in [0.25, 0.3) is 0 Å². The van der Waals surface area contributed by atoms with E-state index in [0.29, 0.717) is 31.3 Å². The van der Waals surface area contributed by atoms with Crippen molar-refractivity contribution >= 4 is 11.8 Å². The summed E-state index contributed by atoms with van der Waals surface area (Å²) in [5.74, 6) is 1.16. The highest BCUT2D eigenvalue weighted by atomic mass is 16.5. The van der Waals surface area contributed by atoms with Crippen LogP contribution in [0.15, 0.2) is 42.9 Å². The lowest BCUT2D eigenvalue weighted by Gasteiger charge is -2.47. The first-order valence-electron chi connectivity index (χ1n) is 14.5. The summed E-state index contributed by atoms with van der Waals surface area (Å²) >= 11 is 0. The van der Waals surface area contributed by atoms with E-state index in [0.717, 1.165) is 83.0 Å². The van der Waals surface area contributed by atoms with Crippen molar-refractivity contribution in [3.63, 3.8) is 0 Å². The smallest absolute Gasteiger partial charge is 0.274 e. The van der Waals surface area contributed by atoms with Crippen LogP contribution in [-0.4, -0.2) is 64.4 Å². The third-order valence-electron chi connectivity index (χ3n) is 9.18. The zero-order valence-corrected chi connectivity index (χ0v) is 22.9. The Kier molecular flexibility index (Phi) is 8.29. The van der Waals surface area contributed by atoms with Crippen LogP contribution < -0.4 is 4.74 Å². The van der Waals surface area contributed by atoms with Gasteiger partial charge in [-0.3, -0.25) is 14.6 Å². The van der Waals surface area contributed by atoms with Crippen LogP contribution in [0.1, 0.15) is 87.2 Å². The van der Waals surface area contributed by atoms with Crippen molar-refractivity contribution in [2.24, 2.45) is 10.8 Å². The number of rotatable bonds is 2. The molecule has 38 heavy (non-hydrogen) atoms. The van der Waals surface area contributed by atoms with Crippen LogP contribution in [-0.2, 0) is 11.2 Å². The molecule has 1 saturated heterocycles. The second kappa shape index (κ2) is 11.8. The number of ether oxygens (including phenoxy) is 1. The summed E-state index contributed by atoms with van der Waals surface area (Å²) in [6.07, 6.45) is 16.4. The molecule has 7 nitrogen and oxygen atoms in total. The highest BCUT2D eigenvalue weighted by Gasteiger charge is 2.43. The van der Waals surface area contributed by atoms with E-state index in [1.807, 2.05) is 17.0 Å². The molecule has 1 aromatic heterocycles. The molecule has 2 fully saturated rings. The molecule has 2 amide bonds. The van der Waals surface area contributed by atoms with Crippen LogP contribution >= 0.6 is 0 Å². The highest BCUT2D eigenvalue weighted by Crippen LogP contribution is 2.42. The highest BCUT2D eigenvalue weighted by molar-refractivity contribution is 5.92. The van der Waals surface area contributed by atoms with Crippen molar-refractivity contribution in [3.8, 4) is 5.75 Å². The number of nitrogens with zero attached hydrogens (tertiary/aromatic N) is 4. The molecule has 204 valence electrons. The average molecular weight is 519 g/mol. The molecule has 0 unspecified atom stereocenters. The molecule has 0 N–H and O–H groups in total. The summed E-state index contributed by atoms with van der Waals surface area (Å²) in [4.78, 5) is 39.7. The molecule has 2 aliphatic heterocycles. The van der Waals surface area contributed by atoms with Gasteiger partial charge in [-0.2, -0.15) is 0 Å². The first kappa shape index (κ1) is 26.6. The summed E-state index contributed by atoms with van der Waals surface area (Å²) in [5.41, 5.74) is 1.39. The van der Waals surface area contributed by atoms with Gasteiger partial charge in [0.05, 0.1) is 12.7 Å². The molecule has 1 aromatic carbocycles. The Bertz CT molecular complexity index is 1090. The van der Waals surface area contributed by atoms with E-state index in [1.54, 1.807) is 18.6 Å². The monoisotopic (exact) mass is 518 g/mol. The third-order valence-corrected chi connectivity index (χ3v) is 9.18. The maximum absolute atomic E-state index is 13.6. The lowest BCUT2D eigenvalue weighted by atomic mass is 9.71. The van der Waals surface area contributed by atoms with Gasteiger partial charge in [-0.25, -0.2) is 4.98 Å². The molecule has 2 aromatic rings. The molecule has 7 heteroatoms. The van der Waals surface area contributed by atoms with Crippen LogP contribution in [0.3, 0.4) is 0 Å². The maximum atomic E-state index is 13.6. The quantitative estimate of drug-likeness (QED) is 0.539. The van der Waals surface area contributed by atoms with E-state index in [1.165, 1.54) is 12.0 Å². The van der Waals surface area contributed by atoms with E-state index in [4.69, 9.17) is 4.74 Å². The number of carbonyl (C=O) groups excluding carboxylic acids is 2. The standard InChI is InChI=1S/C31H42N4O3/c1-30(12-6-2-7-13-30)29(37)34-19-15-31(16-20-34)14-8-5-10-25-9-3-4-11-27(25)38-22-21-35(24-31)28(36)26-23-32-17-18-33-26/h3-4,9,11,17-18,23H,2,5-8,10,12-16,19-22,24H2,1H3. The zero-order valence-electron chi connectivity index (χ0n) is 22.9. The lowest BCUT2D eigenvalue weighted by molar-refractivity contribution is -0.145. The number of aryl methyl sites for hydroxylation is 1. The minimum absolute atomic E-state index is 0.0131. The number of carbonyl (C=O) groups is 2. The zero-order chi connectivity index (χ0) is 26.4. The van der Waals surface area contributed by atoms with Crippen molar-refractivity contribution in [3.05, 3.63) is 54.1 Å². The first-order chi connectivity index (χ1) is 18.5. The van der Waals surface area contributed by atoms with Gasteiger partial charge in [0.1, 0.15) is 18.1 Å². The van der Waals surface area contributed by atoms with E-state index >= 15 is 0 Å². The Morgan fingerprint density at radius 2 is 1.63 bits per heavy atom. The van der Waals surface area contributed by atoms with Crippen LogP contribution in [0.2, 0.25) is 0 Å². The van der Waals surface area contributed by atoms with Gasteiger partial charge >= 0.3 is 0 Å². The number of aromatic nitrogens is 2. The molecule has 3 aliphatic rings. The molecular formula is C31H42N4O3. The number of fused-ring (bicyclic) bond motifs is 1. The third kappa shape index (κ3) is 6.02. The van der Waals surface area contributed by atoms with E-state index in [9.17, 15) is 9.59 Å². The van der Waals surface area contributed by atoms with E-state index in [2.05, 4.69) is 33.9 Å². The number of amides is 2. The van der Waals surface area contributed by atoms with Gasteiger partial charge in [-0.1, -0.05) is 50.8 Å². The predicted octanol–water partition coefficient (Wildman–Crippen LogP) is 5.30. The molecular weight excluding hydrogens is 476 g/mol. The maximum Gasteiger partial charge on any atom is 0.274 e. The van der Waals surface area contributed by atoms with Crippen molar-refractivity contribution < 1.29 is 14.3 Å². The molecule has 1 spiro atoms. The second-order valence-corrected chi connectivity index (χ2v) is 11.9. The lowest BCUT2D eigenvalue weighted by Crippen LogP contribution is -2.52. The van der Waals surface area contributed by atoms with Gasteiger partial charge < -0.3 is 14.5 Å². The SMILES string of the molecule is CC1(C(=O)N2CCC3(CCCCc4ccccc4OCCN(C(=O)c4cnccn4)C3)CC2)CCCCC1. The Labute approximate surface area is 227 Å². The number of hydrogen-bond donors (Lipinski definition) is 0. The summed E-state index contributed by atoms with van der Waals surface area (Å²) in [6, 6.07) is 8.25. The van der Waals surface area contributed by atoms with Crippen molar-refractivity contribution in [1.82, 2.24) is 19.8 Å². The van der Waals surface area contributed by atoms with Crippen molar-refractivity contribution in [1.29, 1.82) is 0 Å². The van der Waals surface area contributed by atoms with Gasteiger partial charge in [0.15, 0.2) is 0 Å². The number of hydrogen-bond acceptors (Lipinski definition) is 5. The Morgan fingerprint density at radius 3 is 2.39 bits per heavy atom. The fourth-order valence-electron chi connectivity index (χ4n) is 6.76. The van der Waals surface area contributed by atoms with Gasteiger partial charge in [0.2, 0.25) is 5.91 Å². The van der Waals surface area contributed by atoms with Gasteiger partial charge in [-0.15, -0.1) is 0 Å². The molecule has 5 rings (SSSR count). The number of likely N-dealkylation sites (tertiary alicyclic amines) is 1. The van der Waals surface area contributed by atoms with E-state index in [-0.39, 0.29) is 16.7 Å². The number of piperidine rings is 1. The van der Waals surface area contributed by atoms with Crippen LogP contribution in [0.4, 0.5) is 0 Å². The summed E-state index contributed by atoms with van der Waals surface area (Å²) in [7, 11) is 0. The van der Waals surface area contributed by atoms with Gasteiger partial charge in [0.25, 0.3) is 5.91 Å². The minimum Gasteiger partial charge on any atom is -0.491 e. The normalized spacial score (nSPS) is 21.9. The number of para-hydroxylation sites is 1. The first-order valence-corrected chi connectivity index (χ1v) is 14.5. The van der Waals surface area contributed by atoms with Crippen molar-refractivity contribution in [2.75, 3.05) is 32.8 Å². The second-order valence-electron chi connectivity index (χ2n) is 11.9. The van der Waals surface area contributed by atoms with Gasteiger partial charge in [-0.05, 0) is 62.0 Å². The predicted molar refractivity (Wildman–Crippen MR) is 147 cm³/mol. The Morgan fingerprint density at radius 1 is 0.868 bits per heavy atom. The Hall–Kier alpha value is -2.96. The fourth-order valence-corrected chi connectivity index (χ4v) is 6.76. The summed E-state index contributed by atoms with van der Waals surface area (Å²) in [6.45, 7) is 5.32.